The van der Waals surface area contributed by atoms with Crippen LogP contribution in [0, 0.1) is 23.7 Å². The number of carbonyl (C=O) groups is 1. The molecule has 0 aromatic heterocycles. The lowest BCUT2D eigenvalue weighted by Gasteiger charge is -2.51. The lowest BCUT2D eigenvalue weighted by atomic mass is 9.79. The van der Waals surface area contributed by atoms with Gasteiger partial charge in [-0.05, 0) is 37.5 Å². The van der Waals surface area contributed by atoms with Crippen LogP contribution in [0.3, 0.4) is 0 Å². The molecule has 21 atom stereocenters. The Balaban J connectivity index is 1.23. The summed E-state index contributed by atoms with van der Waals surface area (Å²) < 4.78 is 50.8. The summed E-state index contributed by atoms with van der Waals surface area (Å²) in [5.74, 6) is -2.36. The third-order valence-electron chi connectivity index (χ3n) is 12.7. The molecule has 4 aliphatic heterocycles. The topological polar surface area (TPSA) is 224 Å². The van der Waals surface area contributed by atoms with Crippen molar-refractivity contribution in [1.82, 2.24) is 5.32 Å². The van der Waals surface area contributed by atoms with Gasteiger partial charge in [-0.15, -0.1) is 0 Å². The third-order valence-corrected chi connectivity index (χ3v) is 12.7. The minimum atomic E-state index is -1.40. The summed E-state index contributed by atoms with van der Waals surface area (Å²) in [5.41, 5.74) is 0.818. The molecule has 1 aromatic carbocycles. The van der Waals surface area contributed by atoms with E-state index in [1.807, 2.05) is 71.9 Å². The van der Waals surface area contributed by atoms with E-state index >= 15 is 0 Å². The van der Waals surface area contributed by atoms with Gasteiger partial charge in [-0.2, -0.15) is 0 Å². The van der Waals surface area contributed by atoms with E-state index in [0.717, 1.165) is 5.56 Å². The Kier molecular flexibility index (Phi) is 15.7. The Labute approximate surface area is 341 Å². The minimum absolute atomic E-state index is 0.128. The molecule has 4 saturated heterocycles. The monoisotopic (exact) mass is 825 g/mol. The van der Waals surface area contributed by atoms with Gasteiger partial charge in [0.2, 0.25) is 5.91 Å². The largest absolute Gasteiger partial charge is 0.390 e. The number of fused-ring (bicyclic) bond motifs is 1. The molecule has 330 valence electrons. The van der Waals surface area contributed by atoms with Crippen LogP contribution in [0.5, 0.6) is 0 Å². The van der Waals surface area contributed by atoms with Crippen LogP contribution in [-0.2, 0) is 42.7 Å². The highest BCUT2D eigenvalue weighted by atomic mass is 16.8. The number of aliphatic hydroxyl groups is 6. The molecule has 58 heavy (non-hydrogen) atoms. The summed E-state index contributed by atoms with van der Waals surface area (Å²) in [7, 11) is 0. The number of aliphatic hydroxyl groups excluding tert-OH is 6. The molecule has 21 unspecified atom stereocenters. The minimum Gasteiger partial charge on any atom is -0.390 e. The zero-order valence-electron chi connectivity index (χ0n) is 34.7. The van der Waals surface area contributed by atoms with E-state index in [1.54, 1.807) is 6.92 Å². The molecule has 0 radical (unpaired) electrons. The average Bonchev–Trinajstić information content (AvgIpc) is 3.50. The van der Waals surface area contributed by atoms with E-state index in [-0.39, 0.29) is 25.4 Å². The second-order valence-corrected chi connectivity index (χ2v) is 17.2. The van der Waals surface area contributed by atoms with Crippen molar-refractivity contribution < 1.29 is 73.3 Å². The van der Waals surface area contributed by atoms with Crippen molar-refractivity contribution in [3.8, 4) is 0 Å². The zero-order chi connectivity index (χ0) is 42.0. The van der Waals surface area contributed by atoms with Crippen LogP contribution in [0.4, 0.5) is 0 Å². The summed E-state index contributed by atoms with van der Waals surface area (Å²) in [5, 5.41) is 70.2. The molecule has 5 aliphatic rings. The van der Waals surface area contributed by atoms with E-state index in [9.17, 15) is 35.4 Å². The maximum atomic E-state index is 13.0. The van der Waals surface area contributed by atoms with E-state index in [2.05, 4.69) is 5.32 Å². The van der Waals surface area contributed by atoms with Gasteiger partial charge < -0.3 is 73.9 Å². The predicted octanol–water partition coefficient (Wildman–Crippen LogP) is 1.65. The Hall–Kier alpha value is -1.87. The van der Waals surface area contributed by atoms with E-state index in [4.69, 9.17) is 37.9 Å². The zero-order valence-corrected chi connectivity index (χ0v) is 34.7. The number of rotatable bonds is 14. The van der Waals surface area contributed by atoms with E-state index < -0.39 is 134 Å². The lowest BCUT2D eigenvalue weighted by molar-refractivity contribution is -0.373. The Morgan fingerprint density at radius 2 is 1.43 bits per heavy atom. The van der Waals surface area contributed by atoms with Gasteiger partial charge in [-0.25, -0.2) is 0 Å². The fraction of sp³-hybridized carbons (Fsp3) is 0.833. The fourth-order valence-electron chi connectivity index (χ4n) is 9.18. The number of hydrogen-bond acceptors (Lipinski definition) is 15. The first-order chi connectivity index (χ1) is 27.7. The van der Waals surface area contributed by atoms with Gasteiger partial charge >= 0.3 is 0 Å². The Morgan fingerprint density at radius 3 is 2.09 bits per heavy atom. The first-order valence-corrected chi connectivity index (χ1v) is 21.3. The molecule has 1 amide bonds. The SMILES string of the molecule is CCCC(O)C(=O)NC1CC(C)C(OC2OC3COC(c4ccccc4)OC3C(O)C2C(C)C)C(OC2OC(CC)C(OC3OC(CC)C(O)C(O)C3C)C2O)C1O. The highest BCUT2D eigenvalue weighted by Crippen LogP contribution is 2.43. The van der Waals surface area contributed by atoms with E-state index in [1.165, 1.54) is 0 Å². The fourth-order valence-corrected chi connectivity index (χ4v) is 9.18. The van der Waals surface area contributed by atoms with Crippen molar-refractivity contribution in [3.63, 3.8) is 0 Å². The van der Waals surface area contributed by atoms with Gasteiger partial charge in [0.15, 0.2) is 25.2 Å². The molecule has 0 bridgehead atoms. The van der Waals surface area contributed by atoms with Crippen molar-refractivity contribution in [2.45, 2.75) is 191 Å². The Morgan fingerprint density at radius 1 is 0.776 bits per heavy atom. The van der Waals surface area contributed by atoms with Crippen LogP contribution in [0.2, 0.25) is 0 Å². The number of amides is 1. The molecule has 1 aliphatic carbocycles. The van der Waals surface area contributed by atoms with Crippen LogP contribution < -0.4 is 5.32 Å². The number of nitrogens with one attached hydrogen (secondary N) is 1. The van der Waals surface area contributed by atoms with Crippen LogP contribution >= 0.6 is 0 Å². The van der Waals surface area contributed by atoms with Crippen molar-refractivity contribution >= 4 is 5.91 Å². The van der Waals surface area contributed by atoms with Crippen molar-refractivity contribution in [2.75, 3.05) is 6.61 Å². The molecule has 7 N–H and O–H groups in total. The molecule has 16 heteroatoms. The van der Waals surface area contributed by atoms with Crippen molar-refractivity contribution in [2.24, 2.45) is 23.7 Å². The quantitative estimate of drug-likeness (QED) is 0.142. The average molecular weight is 826 g/mol. The lowest BCUT2D eigenvalue weighted by Crippen LogP contribution is -2.65. The molecule has 1 aromatic rings. The predicted molar refractivity (Wildman–Crippen MR) is 205 cm³/mol. The first kappa shape index (κ1) is 45.7. The standard InChI is InChI=1S/C42H67NO15/c1-8-14-24(44)38(50)43-23-17-20(6)34(55-41-28(19(4)5)32(48)36-27(54-41)18-51-40(57-36)22-15-12-11-13-16-22)37(30(23)46)58-42-33(49)35(26(10-3)53-42)56-39-21(7)29(45)31(47)25(9-2)52-39/h11-13,15-16,19-21,23-37,39-42,44-49H,8-10,14,17-18H2,1-7H3,(H,43,50). The summed E-state index contributed by atoms with van der Waals surface area (Å²) in [6.45, 7) is 13.2. The van der Waals surface area contributed by atoms with Gasteiger partial charge in [-0.1, -0.05) is 85.2 Å². The Bertz CT molecular complexity index is 1440. The van der Waals surface area contributed by atoms with Crippen LogP contribution in [0.1, 0.15) is 92.4 Å². The van der Waals surface area contributed by atoms with E-state index in [0.29, 0.717) is 19.3 Å². The van der Waals surface area contributed by atoms with Gasteiger partial charge in [0.05, 0.1) is 43.2 Å². The highest BCUT2D eigenvalue weighted by molar-refractivity contribution is 5.80. The van der Waals surface area contributed by atoms with Gasteiger partial charge in [0.25, 0.3) is 0 Å². The molecular formula is C42H67NO15. The molecule has 16 nitrogen and oxygen atoms in total. The van der Waals surface area contributed by atoms with Crippen LogP contribution in [-0.4, -0.2) is 147 Å². The molecular weight excluding hydrogens is 758 g/mol. The maximum absolute atomic E-state index is 13.0. The number of benzene rings is 1. The molecule has 0 spiro atoms. The van der Waals surface area contributed by atoms with Crippen LogP contribution in [0.25, 0.3) is 0 Å². The van der Waals surface area contributed by atoms with Crippen LogP contribution in [0.15, 0.2) is 30.3 Å². The summed E-state index contributed by atoms with van der Waals surface area (Å²) in [6, 6.07) is 8.61. The van der Waals surface area contributed by atoms with Gasteiger partial charge in [0.1, 0.15) is 48.8 Å². The summed E-state index contributed by atoms with van der Waals surface area (Å²) in [4.78, 5) is 13.0. The maximum Gasteiger partial charge on any atom is 0.249 e. The second-order valence-electron chi connectivity index (χ2n) is 17.2. The second kappa shape index (κ2) is 19.9. The van der Waals surface area contributed by atoms with Crippen molar-refractivity contribution in [1.29, 1.82) is 0 Å². The molecule has 4 heterocycles. The summed E-state index contributed by atoms with van der Waals surface area (Å²) in [6.07, 6.45) is -15.2. The number of hydrogen-bond donors (Lipinski definition) is 7. The molecule has 1 saturated carbocycles. The highest BCUT2D eigenvalue weighted by Gasteiger charge is 2.56. The van der Waals surface area contributed by atoms with Crippen molar-refractivity contribution in [3.05, 3.63) is 35.9 Å². The third kappa shape index (κ3) is 9.60. The molecule has 6 rings (SSSR count). The normalized spacial score (nSPS) is 45.1. The van der Waals surface area contributed by atoms with Gasteiger partial charge in [-0.3, -0.25) is 4.79 Å². The number of carbonyl (C=O) groups excluding carboxylic acids is 1. The summed E-state index contributed by atoms with van der Waals surface area (Å²) >= 11 is 0. The van der Waals surface area contributed by atoms with Gasteiger partial charge in [0, 0.05) is 17.4 Å². The first-order valence-electron chi connectivity index (χ1n) is 21.3. The smallest absolute Gasteiger partial charge is 0.249 e. The number of ether oxygens (including phenoxy) is 8. The molecule has 5 fully saturated rings.